The molecule has 0 aromatic heterocycles. The van der Waals surface area contributed by atoms with E-state index in [1.807, 2.05) is 24.0 Å². The zero-order valence-electron chi connectivity index (χ0n) is 17.2. The van der Waals surface area contributed by atoms with Crippen molar-refractivity contribution in [2.45, 2.75) is 26.7 Å². The summed E-state index contributed by atoms with van der Waals surface area (Å²) in [5.41, 5.74) is 1.87. The van der Waals surface area contributed by atoms with Gasteiger partial charge in [0, 0.05) is 13.1 Å². The normalized spacial score (nSPS) is 17.8. The van der Waals surface area contributed by atoms with Crippen LogP contribution in [0.1, 0.15) is 32.3 Å². The molecule has 5 nitrogen and oxygen atoms in total. The van der Waals surface area contributed by atoms with E-state index in [0.29, 0.717) is 40.8 Å². The van der Waals surface area contributed by atoms with Crippen molar-refractivity contribution in [3.8, 4) is 5.75 Å². The van der Waals surface area contributed by atoms with E-state index >= 15 is 0 Å². The Kier molecular flexibility index (Phi) is 5.57. The van der Waals surface area contributed by atoms with E-state index in [0.717, 1.165) is 30.8 Å². The van der Waals surface area contributed by atoms with E-state index in [2.05, 4.69) is 6.92 Å². The van der Waals surface area contributed by atoms with Gasteiger partial charge in [0.2, 0.25) is 0 Å². The van der Waals surface area contributed by atoms with Gasteiger partial charge in [-0.25, -0.2) is 9.29 Å². The van der Waals surface area contributed by atoms with Crippen LogP contribution in [0.5, 0.6) is 5.75 Å². The smallest absolute Gasteiger partial charge is 0.282 e. The van der Waals surface area contributed by atoms with Crippen molar-refractivity contribution in [2.75, 3.05) is 24.6 Å². The van der Waals surface area contributed by atoms with Crippen LogP contribution in [0.4, 0.5) is 10.1 Å². The molecule has 2 aromatic rings. The third-order valence-electron chi connectivity index (χ3n) is 5.70. The third-order valence-corrected chi connectivity index (χ3v) is 5.70. The summed E-state index contributed by atoms with van der Waals surface area (Å²) in [6.45, 7) is 6.12. The first-order valence-corrected chi connectivity index (χ1v) is 10.4. The van der Waals surface area contributed by atoms with Gasteiger partial charge in [0.15, 0.2) is 0 Å². The number of likely N-dealkylation sites (tertiary alicyclic amines) is 1. The van der Waals surface area contributed by atoms with Crippen molar-refractivity contribution < 1.29 is 18.7 Å². The Hall–Kier alpha value is -3.15. The van der Waals surface area contributed by atoms with Gasteiger partial charge < -0.3 is 9.64 Å². The molecule has 0 unspecified atom stereocenters. The Morgan fingerprint density at radius 2 is 1.60 bits per heavy atom. The molecule has 2 aliphatic heterocycles. The van der Waals surface area contributed by atoms with Gasteiger partial charge in [-0.1, -0.05) is 19.1 Å². The van der Waals surface area contributed by atoms with Crippen LogP contribution in [0.2, 0.25) is 0 Å². The van der Waals surface area contributed by atoms with Crippen LogP contribution in [0.25, 0.3) is 5.57 Å². The molecule has 0 N–H and O–H groups in total. The second kappa shape index (κ2) is 8.30. The first kappa shape index (κ1) is 20.1. The molecule has 1 fully saturated rings. The standard InChI is InChI=1S/C24H25FN2O3/c1-3-30-20-10-4-17(5-11-20)21-22(26-14-12-16(2)13-15-26)24(29)27(23(21)28)19-8-6-18(25)7-9-19/h4-11,16H,3,12-15H2,1-2H3. The van der Waals surface area contributed by atoms with Crippen LogP contribution in [-0.4, -0.2) is 36.4 Å². The lowest BCUT2D eigenvalue weighted by Gasteiger charge is -2.32. The molecule has 0 radical (unpaired) electrons. The minimum Gasteiger partial charge on any atom is -0.494 e. The van der Waals surface area contributed by atoms with Crippen LogP contribution >= 0.6 is 0 Å². The summed E-state index contributed by atoms with van der Waals surface area (Å²) in [6, 6.07) is 12.7. The van der Waals surface area contributed by atoms with Crippen molar-refractivity contribution in [3.63, 3.8) is 0 Å². The molecule has 2 aliphatic rings. The summed E-state index contributed by atoms with van der Waals surface area (Å²) in [5, 5.41) is 0. The van der Waals surface area contributed by atoms with Crippen molar-refractivity contribution in [1.82, 2.24) is 4.90 Å². The van der Waals surface area contributed by atoms with Crippen molar-refractivity contribution in [2.24, 2.45) is 5.92 Å². The summed E-state index contributed by atoms with van der Waals surface area (Å²) in [4.78, 5) is 30.0. The highest BCUT2D eigenvalue weighted by Gasteiger charge is 2.42. The highest BCUT2D eigenvalue weighted by Crippen LogP contribution is 2.36. The molecule has 156 valence electrons. The predicted molar refractivity (Wildman–Crippen MR) is 113 cm³/mol. The maximum absolute atomic E-state index is 13.4. The second-order valence-electron chi connectivity index (χ2n) is 7.77. The summed E-state index contributed by atoms with van der Waals surface area (Å²) >= 11 is 0. The van der Waals surface area contributed by atoms with Gasteiger partial charge in [0.25, 0.3) is 11.8 Å². The number of ether oxygens (including phenoxy) is 1. The molecule has 0 bridgehead atoms. The summed E-state index contributed by atoms with van der Waals surface area (Å²) in [7, 11) is 0. The number of hydrogen-bond donors (Lipinski definition) is 0. The van der Waals surface area contributed by atoms with Gasteiger partial charge in [-0.3, -0.25) is 9.59 Å². The minimum absolute atomic E-state index is 0.356. The molecular formula is C24H25FN2O3. The zero-order valence-corrected chi connectivity index (χ0v) is 17.2. The number of amides is 2. The number of piperidine rings is 1. The Bertz CT molecular complexity index is 975. The first-order chi connectivity index (χ1) is 14.5. The van der Waals surface area contributed by atoms with E-state index in [9.17, 15) is 14.0 Å². The number of carbonyl (C=O) groups is 2. The van der Waals surface area contributed by atoms with Gasteiger partial charge in [0.1, 0.15) is 17.3 Å². The lowest BCUT2D eigenvalue weighted by molar-refractivity contribution is -0.120. The number of rotatable bonds is 5. The number of nitrogens with zero attached hydrogens (tertiary/aromatic N) is 2. The van der Waals surface area contributed by atoms with E-state index in [1.165, 1.54) is 24.3 Å². The molecule has 1 saturated heterocycles. The topological polar surface area (TPSA) is 49.9 Å². The van der Waals surface area contributed by atoms with Gasteiger partial charge in [-0.2, -0.15) is 0 Å². The molecule has 6 heteroatoms. The Balaban J connectivity index is 1.76. The average molecular weight is 408 g/mol. The fourth-order valence-corrected chi connectivity index (χ4v) is 4.01. The number of benzene rings is 2. The molecule has 0 spiro atoms. The van der Waals surface area contributed by atoms with Gasteiger partial charge >= 0.3 is 0 Å². The molecule has 0 saturated carbocycles. The Morgan fingerprint density at radius 3 is 2.20 bits per heavy atom. The predicted octanol–water partition coefficient (Wildman–Crippen LogP) is 4.24. The lowest BCUT2D eigenvalue weighted by Crippen LogP contribution is -2.38. The number of anilines is 1. The Labute approximate surface area is 175 Å². The molecule has 0 aliphatic carbocycles. The van der Waals surface area contributed by atoms with Gasteiger partial charge in [-0.05, 0) is 67.6 Å². The number of halogens is 1. The van der Waals surface area contributed by atoms with E-state index in [4.69, 9.17) is 4.74 Å². The molecule has 2 amide bonds. The number of carbonyl (C=O) groups excluding carboxylic acids is 2. The monoisotopic (exact) mass is 408 g/mol. The molecule has 2 heterocycles. The largest absolute Gasteiger partial charge is 0.494 e. The van der Waals surface area contributed by atoms with Gasteiger partial charge in [0.05, 0.1) is 17.9 Å². The highest BCUT2D eigenvalue weighted by molar-refractivity contribution is 6.45. The van der Waals surface area contributed by atoms with Crippen LogP contribution in [0, 0.1) is 11.7 Å². The molecular weight excluding hydrogens is 383 g/mol. The third kappa shape index (κ3) is 3.70. The van der Waals surface area contributed by atoms with Crippen molar-refractivity contribution in [1.29, 1.82) is 0 Å². The molecule has 30 heavy (non-hydrogen) atoms. The highest BCUT2D eigenvalue weighted by atomic mass is 19.1. The molecule has 0 atom stereocenters. The van der Waals surface area contributed by atoms with E-state index < -0.39 is 5.82 Å². The summed E-state index contributed by atoms with van der Waals surface area (Å²) < 4.78 is 18.9. The first-order valence-electron chi connectivity index (χ1n) is 10.4. The van der Waals surface area contributed by atoms with Crippen LogP contribution in [-0.2, 0) is 9.59 Å². The number of hydrogen-bond acceptors (Lipinski definition) is 4. The van der Waals surface area contributed by atoms with Crippen LogP contribution in [0.15, 0.2) is 54.2 Å². The fourth-order valence-electron chi connectivity index (χ4n) is 4.01. The van der Waals surface area contributed by atoms with Crippen LogP contribution < -0.4 is 9.64 Å². The average Bonchev–Trinajstić information content (AvgIpc) is 3.00. The minimum atomic E-state index is -0.414. The van der Waals surface area contributed by atoms with Crippen molar-refractivity contribution in [3.05, 3.63) is 65.6 Å². The maximum Gasteiger partial charge on any atom is 0.282 e. The van der Waals surface area contributed by atoms with E-state index in [1.54, 1.807) is 12.1 Å². The van der Waals surface area contributed by atoms with Gasteiger partial charge in [-0.15, -0.1) is 0 Å². The SMILES string of the molecule is CCOc1ccc(C2=C(N3CCC(C)CC3)C(=O)N(c3ccc(F)cc3)C2=O)cc1. The van der Waals surface area contributed by atoms with Crippen molar-refractivity contribution >= 4 is 23.1 Å². The molecule has 4 rings (SSSR count). The fraction of sp³-hybridized carbons (Fsp3) is 0.333. The van der Waals surface area contributed by atoms with Crippen LogP contribution in [0.3, 0.4) is 0 Å². The zero-order chi connectivity index (χ0) is 21.3. The summed E-state index contributed by atoms with van der Waals surface area (Å²) in [5.74, 6) is 0.149. The quantitative estimate of drug-likeness (QED) is 0.695. The number of imide groups is 1. The maximum atomic E-state index is 13.4. The lowest BCUT2D eigenvalue weighted by atomic mass is 9.97. The molecule has 2 aromatic carbocycles. The summed E-state index contributed by atoms with van der Waals surface area (Å²) in [6.07, 6.45) is 1.94. The second-order valence-corrected chi connectivity index (χ2v) is 7.77. The Morgan fingerprint density at radius 1 is 0.967 bits per heavy atom. The van der Waals surface area contributed by atoms with E-state index in [-0.39, 0.29) is 11.8 Å².